The van der Waals surface area contributed by atoms with E-state index in [0.29, 0.717) is 25.9 Å². The number of azide groups is 1. The molecule has 1 amide bonds. The molecule has 11 heavy (non-hydrogen) atoms. The molecule has 0 saturated heterocycles. The van der Waals surface area contributed by atoms with Gasteiger partial charge < -0.3 is 5.32 Å². The molecular formula is C6H12N4O. The van der Waals surface area contributed by atoms with Crippen LogP contribution in [0.25, 0.3) is 10.4 Å². The number of rotatable bonds is 5. The van der Waals surface area contributed by atoms with E-state index in [4.69, 9.17) is 5.53 Å². The molecule has 0 radical (unpaired) electrons. The highest BCUT2D eigenvalue weighted by Crippen LogP contribution is 1.80. The van der Waals surface area contributed by atoms with Crippen LogP contribution >= 0.6 is 0 Å². The maximum Gasteiger partial charge on any atom is 0.219 e. The molecule has 0 unspecified atom stereocenters. The Labute approximate surface area is 65.4 Å². The lowest BCUT2D eigenvalue weighted by atomic mass is 10.4. The third kappa shape index (κ3) is 6.67. The minimum atomic E-state index is 0.0333. The summed E-state index contributed by atoms with van der Waals surface area (Å²) in [6.07, 6.45) is 1.21. The van der Waals surface area contributed by atoms with Gasteiger partial charge in [-0.25, -0.2) is 0 Å². The highest BCUT2D eigenvalue weighted by molar-refractivity contribution is 5.75. The van der Waals surface area contributed by atoms with Crippen LogP contribution in [-0.2, 0) is 4.79 Å². The van der Waals surface area contributed by atoms with Gasteiger partial charge in [0.25, 0.3) is 0 Å². The zero-order valence-corrected chi connectivity index (χ0v) is 6.58. The number of nitrogens with one attached hydrogen (secondary N) is 1. The molecule has 5 nitrogen and oxygen atoms in total. The fourth-order valence-electron chi connectivity index (χ4n) is 0.547. The van der Waals surface area contributed by atoms with Gasteiger partial charge in [-0.15, -0.1) is 0 Å². The van der Waals surface area contributed by atoms with Gasteiger partial charge in [0.15, 0.2) is 0 Å². The van der Waals surface area contributed by atoms with Crippen molar-refractivity contribution in [1.29, 1.82) is 0 Å². The van der Waals surface area contributed by atoms with Gasteiger partial charge in [-0.1, -0.05) is 12.0 Å². The Kier molecular flexibility index (Phi) is 6.13. The maximum absolute atomic E-state index is 10.6. The lowest BCUT2D eigenvalue weighted by Gasteiger charge is -1.99. The topological polar surface area (TPSA) is 77.9 Å². The minimum Gasteiger partial charge on any atom is -0.356 e. The van der Waals surface area contributed by atoms with Crippen LogP contribution < -0.4 is 5.32 Å². The zero-order valence-electron chi connectivity index (χ0n) is 6.58. The summed E-state index contributed by atoms with van der Waals surface area (Å²) in [7, 11) is 0. The van der Waals surface area contributed by atoms with E-state index in [2.05, 4.69) is 15.3 Å². The van der Waals surface area contributed by atoms with Gasteiger partial charge >= 0.3 is 0 Å². The summed E-state index contributed by atoms with van der Waals surface area (Å²) in [4.78, 5) is 13.2. The summed E-state index contributed by atoms with van der Waals surface area (Å²) in [6.45, 7) is 2.83. The molecule has 5 heteroatoms. The molecule has 0 aliphatic carbocycles. The molecule has 0 aromatic heterocycles. The summed E-state index contributed by atoms with van der Waals surface area (Å²) in [5.74, 6) is 0.0333. The Hall–Kier alpha value is -1.22. The number of carbonyl (C=O) groups excluding carboxylic acids is 1. The van der Waals surface area contributed by atoms with E-state index in [1.807, 2.05) is 0 Å². The van der Waals surface area contributed by atoms with E-state index < -0.39 is 0 Å². The van der Waals surface area contributed by atoms with Crippen molar-refractivity contribution in [2.45, 2.75) is 19.8 Å². The molecular weight excluding hydrogens is 144 g/mol. The molecule has 0 saturated carbocycles. The van der Waals surface area contributed by atoms with Crippen LogP contribution in [0, 0.1) is 0 Å². The van der Waals surface area contributed by atoms with Crippen LogP contribution in [0.15, 0.2) is 5.11 Å². The SMILES string of the molecule is CCC(=O)NCCCN=[N+]=[N-]. The largest absolute Gasteiger partial charge is 0.356 e. The average Bonchev–Trinajstić information content (AvgIpc) is 2.04. The zero-order chi connectivity index (χ0) is 8.53. The van der Waals surface area contributed by atoms with E-state index in [1.165, 1.54) is 0 Å². The van der Waals surface area contributed by atoms with Gasteiger partial charge in [-0.05, 0) is 12.0 Å². The van der Waals surface area contributed by atoms with Crippen molar-refractivity contribution in [2.24, 2.45) is 5.11 Å². The van der Waals surface area contributed by atoms with Crippen LogP contribution in [0.2, 0.25) is 0 Å². The monoisotopic (exact) mass is 156 g/mol. The predicted octanol–water partition coefficient (Wildman–Crippen LogP) is 1.21. The molecule has 0 aliphatic rings. The van der Waals surface area contributed by atoms with Gasteiger partial charge in [-0.2, -0.15) is 0 Å². The van der Waals surface area contributed by atoms with Crippen LogP contribution in [-0.4, -0.2) is 19.0 Å². The first-order valence-electron chi connectivity index (χ1n) is 3.58. The van der Waals surface area contributed by atoms with E-state index in [-0.39, 0.29) is 5.91 Å². The van der Waals surface area contributed by atoms with E-state index in [1.54, 1.807) is 6.92 Å². The summed E-state index contributed by atoms with van der Waals surface area (Å²) < 4.78 is 0. The van der Waals surface area contributed by atoms with Crippen molar-refractivity contribution in [3.05, 3.63) is 10.4 Å². The van der Waals surface area contributed by atoms with Crippen molar-refractivity contribution in [1.82, 2.24) is 5.32 Å². The van der Waals surface area contributed by atoms with Crippen molar-refractivity contribution in [3.8, 4) is 0 Å². The summed E-state index contributed by atoms with van der Waals surface area (Å²) in [5.41, 5.74) is 7.89. The van der Waals surface area contributed by atoms with Crippen molar-refractivity contribution in [3.63, 3.8) is 0 Å². The molecule has 0 fully saturated rings. The molecule has 0 aromatic rings. The van der Waals surface area contributed by atoms with E-state index in [9.17, 15) is 4.79 Å². The Morgan fingerprint density at radius 1 is 1.73 bits per heavy atom. The molecule has 1 N–H and O–H groups in total. The van der Waals surface area contributed by atoms with Crippen molar-refractivity contribution >= 4 is 5.91 Å². The van der Waals surface area contributed by atoms with Crippen LogP contribution in [0.1, 0.15) is 19.8 Å². The number of carbonyl (C=O) groups is 1. The Morgan fingerprint density at radius 2 is 2.45 bits per heavy atom. The second-order valence-electron chi connectivity index (χ2n) is 2.01. The quantitative estimate of drug-likeness (QED) is 0.276. The molecule has 0 bridgehead atoms. The second kappa shape index (κ2) is 6.89. The lowest BCUT2D eigenvalue weighted by Crippen LogP contribution is -2.23. The third-order valence-corrected chi connectivity index (χ3v) is 1.14. The Morgan fingerprint density at radius 3 is 3.00 bits per heavy atom. The summed E-state index contributed by atoms with van der Waals surface area (Å²) in [6, 6.07) is 0. The normalized spacial score (nSPS) is 8.45. The highest BCUT2D eigenvalue weighted by atomic mass is 16.1. The summed E-state index contributed by atoms with van der Waals surface area (Å²) >= 11 is 0. The van der Waals surface area contributed by atoms with E-state index in [0.717, 1.165) is 0 Å². The van der Waals surface area contributed by atoms with Gasteiger partial charge in [0.2, 0.25) is 5.91 Å². The van der Waals surface area contributed by atoms with Gasteiger partial charge in [0, 0.05) is 24.4 Å². The minimum absolute atomic E-state index is 0.0333. The number of hydrogen-bond acceptors (Lipinski definition) is 2. The molecule has 0 aromatic carbocycles. The van der Waals surface area contributed by atoms with Gasteiger partial charge in [0.05, 0.1) is 0 Å². The average molecular weight is 156 g/mol. The van der Waals surface area contributed by atoms with Crippen LogP contribution in [0.3, 0.4) is 0 Å². The van der Waals surface area contributed by atoms with Crippen molar-refractivity contribution in [2.75, 3.05) is 13.1 Å². The predicted molar refractivity (Wildman–Crippen MR) is 41.9 cm³/mol. The van der Waals surface area contributed by atoms with E-state index >= 15 is 0 Å². The second-order valence-corrected chi connectivity index (χ2v) is 2.01. The lowest BCUT2D eigenvalue weighted by molar-refractivity contribution is -0.120. The van der Waals surface area contributed by atoms with Crippen LogP contribution in [0.5, 0.6) is 0 Å². The molecule has 0 spiro atoms. The molecule has 0 atom stereocenters. The standard InChI is InChI=1S/C6H12N4O/c1-2-6(11)8-4-3-5-9-10-7/h2-5H2,1H3,(H,8,11). The van der Waals surface area contributed by atoms with Gasteiger partial charge in [0.1, 0.15) is 0 Å². The fraction of sp³-hybridized carbons (Fsp3) is 0.833. The first kappa shape index (κ1) is 9.78. The number of amides is 1. The number of hydrogen-bond donors (Lipinski definition) is 1. The molecule has 0 rings (SSSR count). The van der Waals surface area contributed by atoms with Crippen LogP contribution in [0.4, 0.5) is 0 Å². The fourth-order valence-corrected chi connectivity index (χ4v) is 0.547. The smallest absolute Gasteiger partial charge is 0.219 e. The molecule has 0 aliphatic heterocycles. The maximum atomic E-state index is 10.6. The number of nitrogens with zero attached hydrogens (tertiary/aromatic N) is 3. The first-order chi connectivity index (χ1) is 5.31. The first-order valence-corrected chi connectivity index (χ1v) is 3.58. The van der Waals surface area contributed by atoms with Gasteiger partial charge in [-0.3, -0.25) is 4.79 Å². The van der Waals surface area contributed by atoms with Crippen molar-refractivity contribution < 1.29 is 4.79 Å². The third-order valence-electron chi connectivity index (χ3n) is 1.14. The molecule has 0 heterocycles. The Balaban J connectivity index is 3.14. The highest BCUT2D eigenvalue weighted by Gasteiger charge is 1.92. The molecule has 62 valence electrons. The summed E-state index contributed by atoms with van der Waals surface area (Å²) in [5, 5.41) is 5.99. The Bertz CT molecular complexity index is 162.